The largest absolute Gasteiger partial charge is 0.375 e. The summed E-state index contributed by atoms with van der Waals surface area (Å²) in [7, 11) is 1.52. The van der Waals surface area contributed by atoms with Crippen LogP contribution in [0.3, 0.4) is 0 Å². The summed E-state index contributed by atoms with van der Waals surface area (Å²) in [6.45, 7) is 4.44. The number of rotatable bonds is 4. The molecule has 98 valence electrons. The molecule has 1 heterocycles. The van der Waals surface area contributed by atoms with Crippen LogP contribution in [0.2, 0.25) is 0 Å². The molecule has 0 radical (unpaired) electrons. The molecular formula is C14H20N2O2. The highest BCUT2D eigenvalue weighted by molar-refractivity contribution is 5.92. The number of ether oxygens (including phenoxy) is 1. The van der Waals surface area contributed by atoms with Gasteiger partial charge in [-0.15, -0.1) is 0 Å². The van der Waals surface area contributed by atoms with Crippen molar-refractivity contribution >= 4 is 17.3 Å². The fourth-order valence-corrected chi connectivity index (χ4v) is 2.37. The molecule has 0 aromatic heterocycles. The van der Waals surface area contributed by atoms with E-state index in [1.807, 2.05) is 12.1 Å². The third-order valence-corrected chi connectivity index (χ3v) is 3.20. The van der Waals surface area contributed by atoms with Gasteiger partial charge in [-0.2, -0.15) is 0 Å². The zero-order chi connectivity index (χ0) is 13.0. The highest BCUT2D eigenvalue weighted by Gasteiger charge is 2.14. The van der Waals surface area contributed by atoms with Crippen molar-refractivity contribution in [3.8, 4) is 0 Å². The average Bonchev–Trinajstić information content (AvgIpc) is 2.82. The van der Waals surface area contributed by atoms with Gasteiger partial charge in [-0.1, -0.05) is 0 Å². The molecule has 0 unspecified atom stereocenters. The topological polar surface area (TPSA) is 41.6 Å². The molecule has 0 aliphatic carbocycles. The van der Waals surface area contributed by atoms with E-state index in [1.54, 1.807) is 0 Å². The van der Waals surface area contributed by atoms with Gasteiger partial charge in [0.25, 0.3) is 0 Å². The zero-order valence-electron chi connectivity index (χ0n) is 11.0. The van der Waals surface area contributed by atoms with Crippen LogP contribution in [-0.4, -0.2) is 32.7 Å². The first-order chi connectivity index (χ1) is 8.70. The normalized spacial score (nSPS) is 14.9. The molecule has 18 heavy (non-hydrogen) atoms. The van der Waals surface area contributed by atoms with Gasteiger partial charge >= 0.3 is 0 Å². The number of carbonyl (C=O) groups excluding carboxylic acids is 1. The second-order valence-corrected chi connectivity index (χ2v) is 4.68. The quantitative estimate of drug-likeness (QED) is 0.888. The fourth-order valence-electron chi connectivity index (χ4n) is 2.37. The predicted octanol–water partition coefficient (Wildman–Crippen LogP) is 2.18. The minimum Gasteiger partial charge on any atom is -0.375 e. The Morgan fingerprint density at radius 2 is 2.11 bits per heavy atom. The van der Waals surface area contributed by atoms with Crippen LogP contribution in [0.1, 0.15) is 18.4 Å². The molecule has 1 N–H and O–H groups in total. The molecule has 4 heteroatoms. The summed E-state index contributed by atoms with van der Waals surface area (Å²) in [4.78, 5) is 13.8. The average molecular weight is 248 g/mol. The number of hydrogen-bond acceptors (Lipinski definition) is 3. The molecule has 1 aliphatic heterocycles. The number of aryl methyl sites for hydroxylation is 1. The first-order valence-corrected chi connectivity index (χ1v) is 6.35. The summed E-state index contributed by atoms with van der Waals surface area (Å²) in [6, 6.07) is 6.05. The number of anilines is 2. The molecule has 4 nitrogen and oxygen atoms in total. The van der Waals surface area contributed by atoms with Crippen molar-refractivity contribution < 1.29 is 9.53 Å². The van der Waals surface area contributed by atoms with Crippen molar-refractivity contribution in [2.75, 3.05) is 37.0 Å². The molecule has 1 fully saturated rings. The van der Waals surface area contributed by atoms with Crippen LogP contribution in [0.5, 0.6) is 0 Å². The lowest BCUT2D eigenvalue weighted by Gasteiger charge is -2.20. The number of nitrogens with one attached hydrogen (secondary N) is 1. The summed E-state index contributed by atoms with van der Waals surface area (Å²) < 4.78 is 4.79. The highest BCUT2D eigenvalue weighted by Crippen LogP contribution is 2.26. The number of hydrogen-bond donors (Lipinski definition) is 1. The van der Waals surface area contributed by atoms with Crippen molar-refractivity contribution in [1.29, 1.82) is 0 Å². The minimum atomic E-state index is -0.120. The van der Waals surface area contributed by atoms with E-state index in [1.165, 1.54) is 31.2 Å². The van der Waals surface area contributed by atoms with E-state index in [2.05, 4.69) is 23.2 Å². The van der Waals surface area contributed by atoms with Crippen LogP contribution in [0.15, 0.2) is 18.2 Å². The van der Waals surface area contributed by atoms with Crippen LogP contribution in [0, 0.1) is 6.92 Å². The van der Waals surface area contributed by atoms with Gasteiger partial charge in [0.1, 0.15) is 6.61 Å². The molecule has 0 saturated carbocycles. The van der Waals surface area contributed by atoms with E-state index in [-0.39, 0.29) is 12.5 Å². The van der Waals surface area contributed by atoms with E-state index in [4.69, 9.17) is 4.74 Å². The first kappa shape index (κ1) is 12.9. The lowest BCUT2D eigenvalue weighted by Crippen LogP contribution is -2.19. The predicted molar refractivity (Wildman–Crippen MR) is 73.1 cm³/mol. The maximum absolute atomic E-state index is 11.4. The molecule has 0 atom stereocenters. The van der Waals surface area contributed by atoms with E-state index in [9.17, 15) is 4.79 Å². The lowest BCUT2D eigenvalue weighted by molar-refractivity contribution is -0.119. The summed E-state index contributed by atoms with van der Waals surface area (Å²) in [5.74, 6) is -0.120. The summed E-state index contributed by atoms with van der Waals surface area (Å²) in [5.41, 5.74) is 3.31. The van der Waals surface area contributed by atoms with Gasteiger partial charge in [0.15, 0.2) is 0 Å². The van der Waals surface area contributed by atoms with E-state index >= 15 is 0 Å². The molecule has 1 aromatic carbocycles. The van der Waals surface area contributed by atoms with Crippen LogP contribution in [0.25, 0.3) is 0 Å². The Bertz CT molecular complexity index is 426. The van der Waals surface area contributed by atoms with Crippen LogP contribution < -0.4 is 10.2 Å². The number of carbonyl (C=O) groups is 1. The summed E-state index contributed by atoms with van der Waals surface area (Å²) in [5, 5.41) is 2.82. The molecule has 0 spiro atoms. The fraction of sp³-hybridized carbons (Fsp3) is 0.500. The molecule has 2 rings (SSSR count). The second kappa shape index (κ2) is 5.87. The highest BCUT2D eigenvalue weighted by atomic mass is 16.5. The Morgan fingerprint density at radius 3 is 2.72 bits per heavy atom. The molecule has 1 aliphatic rings. The third-order valence-electron chi connectivity index (χ3n) is 3.20. The van der Waals surface area contributed by atoms with Crippen molar-refractivity contribution in [2.24, 2.45) is 0 Å². The monoisotopic (exact) mass is 248 g/mol. The van der Waals surface area contributed by atoms with Gasteiger partial charge in [-0.25, -0.2) is 0 Å². The molecule has 0 bridgehead atoms. The smallest absolute Gasteiger partial charge is 0.250 e. The number of nitrogens with zero attached hydrogens (tertiary/aromatic N) is 1. The van der Waals surface area contributed by atoms with Crippen LogP contribution in [0.4, 0.5) is 11.4 Å². The van der Waals surface area contributed by atoms with Gasteiger partial charge in [0.05, 0.1) is 0 Å². The summed E-state index contributed by atoms with van der Waals surface area (Å²) in [6.07, 6.45) is 2.54. The van der Waals surface area contributed by atoms with Crippen molar-refractivity contribution in [2.45, 2.75) is 19.8 Å². The SMILES string of the molecule is COCC(=O)Nc1ccc(N2CCCC2)c(C)c1. The number of amides is 1. The second-order valence-electron chi connectivity index (χ2n) is 4.68. The van der Waals surface area contributed by atoms with Gasteiger partial charge in [-0.05, 0) is 43.5 Å². The summed E-state index contributed by atoms with van der Waals surface area (Å²) >= 11 is 0. The van der Waals surface area contributed by atoms with Crippen molar-refractivity contribution in [3.05, 3.63) is 23.8 Å². The van der Waals surface area contributed by atoms with Gasteiger partial charge in [0.2, 0.25) is 5.91 Å². The Kier molecular flexibility index (Phi) is 4.20. The van der Waals surface area contributed by atoms with Crippen LogP contribution >= 0.6 is 0 Å². The minimum absolute atomic E-state index is 0.0902. The maximum atomic E-state index is 11.4. The van der Waals surface area contributed by atoms with Gasteiger partial charge in [-0.3, -0.25) is 4.79 Å². The molecule has 1 aromatic rings. The Hall–Kier alpha value is -1.55. The van der Waals surface area contributed by atoms with Crippen molar-refractivity contribution in [3.63, 3.8) is 0 Å². The lowest BCUT2D eigenvalue weighted by atomic mass is 10.1. The van der Waals surface area contributed by atoms with E-state index < -0.39 is 0 Å². The standard InChI is InChI=1S/C14H20N2O2/c1-11-9-12(15-14(17)10-18-2)5-6-13(11)16-7-3-4-8-16/h5-6,9H,3-4,7-8,10H2,1-2H3,(H,15,17). The van der Waals surface area contributed by atoms with Gasteiger partial charge < -0.3 is 15.0 Å². The van der Waals surface area contributed by atoms with Crippen LogP contribution in [-0.2, 0) is 9.53 Å². The Morgan fingerprint density at radius 1 is 1.39 bits per heavy atom. The Labute approximate surface area is 108 Å². The molecular weight excluding hydrogens is 228 g/mol. The zero-order valence-corrected chi connectivity index (χ0v) is 11.0. The molecule has 1 amide bonds. The molecule has 1 saturated heterocycles. The number of benzene rings is 1. The number of methoxy groups -OCH3 is 1. The maximum Gasteiger partial charge on any atom is 0.250 e. The third kappa shape index (κ3) is 3.01. The first-order valence-electron chi connectivity index (χ1n) is 6.35. The van der Waals surface area contributed by atoms with E-state index in [0.717, 1.165) is 18.8 Å². The van der Waals surface area contributed by atoms with Gasteiger partial charge in [0, 0.05) is 31.6 Å². The van der Waals surface area contributed by atoms with Crippen molar-refractivity contribution in [1.82, 2.24) is 0 Å². The Balaban J connectivity index is 2.07. The van der Waals surface area contributed by atoms with E-state index in [0.29, 0.717) is 0 Å².